The molecule has 3 nitrogen and oxygen atoms in total. The summed E-state index contributed by atoms with van der Waals surface area (Å²) in [4.78, 5) is 10.0. The normalized spacial score (nSPS) is 7.67. The smallest absolute Gasteiger partial charge is 0.274 e. The number of nitrogens with one attached hydrogen (secondary N) is 1. The number of amides is 1. The highest BCUT2D eigenvalue weighted by atomic mass is 16.1. The summed E-state index contributed by atoms with van der Waals surface area (Å²) in [6.07, 6.45) is 0. The molecule has 0 aliphatic carbocycles. The molecule has 0 fully saturated rings. The predicted octanol–water partition coefficient (Wildman–Crippen LogP) is -2.03. The zero-order valence-corrected chi connectivity index (χ0v) is 3.82. The van der Waals surface area contributed by atoms with Crippen LogP contribution in [0.15, 0.2) is 0 Å². The molecule has 36 valence electrons. The lowest BCUT2D eigenvalue weighted by Crippen LogP contribution is -2.56. The molecule has 6 heavy (non-hydrogen) atoms. The summed E-state index contributed by atoms with van der Waals surface area (Å²) in [5.74, 6) is -0.0185. The van der Waals surface area contributed by atoms with Gasteiger partial charge < -0.3 is 11.1 Å². The lowest BCUT2D eigenvalue weighted by atomic mass is 10.6. The highest BCUT2D eigenvalue weighted by molar-refractivity contribution is 5.76. The van der Waals surface area contributed by atoms with Gasteiger partial charge in [0.25, 0.3) is 5.91 Å². The summed E-state index contributed by atoms with van der Waals surface area (Å²) in [7, 11) is 1.59. The number of likely N-dealkylation sites (N-methyl/N-ethyl adjacent to an activating group) is 1. The Morgan fingerprint density at radius 3 is 2.50 bits per heavy atom. The Morgan fingerprint density at radius 2 is 2.50 bits per heavy atom. The van der Waals surface area contributed by atoms with Gasteiger partial charge in [-0.15, -0.1) is 0 Å². The Labute approximate surface area is 36.5 Å². The number of carbonyl (C=O) groups excluding carboxylic acids is 1. The van der Waals surface area contributed by atoms with E-state index in [1.165, 1.54) is 0 Å². The molecule has 0 rings (SSSR count). The molecule has 0 saturated carbocycles. The van der Waals surface area contributed by atoms with Crippen LogP contribution in [0.2, 0.25) is 0 Å². The summed E-state index contributed by atoms with van der Waals surface area (Å²) in [5.41, 5.74) is 3.34. The number of hydrogen-bond donors (Lipinski definition) is 2. The Kier molecular flexibility index (Phi) is 2.40. The van der Waals surface area contributed by atoms with Crippen LogP contribution in [0, 0.1) is 0 Å². The fraction of sp³-hybridized carbons (Fsp3) is 0.667. The van der Waals surface area contributed by atoms with Gasteiger partial charge in [0, 0.05) is 7.05 Å². The number of quaternary nitrogens is 1. The van der Waals surface area contributed by atoms with Gasteiger partial charge in [-0.05, 0) is 0 Å². The molecule has 0 aromatic carbocycles. The lowest BCUT2D eigenvalue weighted by molar-refractivity contribution is -0.354. The fourth-order valence-corrected chi connectivity index (χ4v) is 0.125. The first-order valence-corrected chi connectivity index (χ1v) is 1.81. The van der Waals surface area contributed by atoms with Crippen LogP contribution >= 0.6 is 0 Å². The minimum absolute atomic E-state index is 0.0185. The Morgan fingerprint density at radius 1 is 2.00 bits per heavy atom. The van der Waals surface area contributed by atoms with Gasteiger partial charge >= 0.3 is 0 Å². The van der Waals surface area contributed by atoms with Crippen molar-refractivity contribution in [1.29, 1.82) is 0 Å². The van der Waals surface area contributed by atoms with Crippen LogP contribution in [-0.4, -0.2) is 19.5 Å². The van der Waals surface area contributed by atoms with E-state index in [0.717, 1.165) is 0 Å². The first-order chi connectivity index (χ1) is 2.81. The summed E-state index contributed by atoms with van der Waals surface area (Å²) < 4.78 is 0. The van der Waals surface area contributed by atoms with E-state index in [9.17, 15) is 4.79 Å². The highest BCUT2D eigenvalue weighted by Gasteiger charge is 1.88. The number of carbonyl (C=O) groups is 1. The van der Waals surface area contributed by atoms with Crippen LogP contribution in [0.1, 0.15) is 0 Å². The molecule has 0 radical (unpaired) electrons. The largest absolute Gasteiger partial charge is 0.354 e. The van der Waals surface area contributed by atoms with Crippen molar-refractivity contribution in [3.63, 3.8) is 0 Å². The van der Waals surface area contributed by atoms with Gasteiger partial charge in [0.05, 0.1) is 0 Å². The quantitative estimate of drug-likeness (QED) is 0.382. The van der Waals surface area contributed by atoms with Crippen LogP contribution in [-0.2, 0) is 4.79 Å². The minimum Gasteiger partial charge on any atom is -0.354 e. The Bertz CT molecular complexity index is 46.8. The van der Waals surface area contributed by atoms with Crippen molar-refractivity contribution >= 4 is 5.91 Å². The van der Waals surface area contributed by atoms with Gasteiger partial charge in [0.2, 0.25) is 0 Å². The minimum atomic E-state index is -0.0185. The first kappa shape index (κ1) is 5.43. The highest BCUT2D eigenvalue weighted by Crippen LogP contribution is 1.44. The maximum Gasteiger partial charge on any atom is 0.274 e. The standard InChI is InChI=1S/C3H8N2O/c1-5-3(6)2-4/h2,4H2,1H3,(H,5,6)/p+1. The topological polar surface area (TPSA) is 56.7 Å². The number of hydrogen-bond acceptors (Lipinski definition) is 1. The van der Waals surface area contributed by atoms with Crippen molar-refractivity contribution in [3.05, 3.63) is 0 Å². The average Bonchev–Trinajstić information content (AvgIpc) is 1.65. The van der Waals surface area contributed by atoms with E-state index >= 15 is 0 Å². The number of rotatable bonds is 1. The van der Waals surface area contributed by atoms with Crippen molar-refractivity contribution in [2.24, 2.45) is 0 Å². The van der Waals surface area contributed by atoms with Crippen LogP contribution in [0.3, 0.4) is 0 Å². The average molecular weight is 89.1 g/mol. The third kappa shape index (κ3) is 1.72. The van der Waals surface area contributed by atoms with Crippen LogP contribution in [0.4, 0.5) is 0 Å². The molecule has 0 aliphatic rings. The molecule has 0 heterocycles. The molecule has 0 saturated heterocycles. The monoisotopic (exact) mass is 89.1 g/mol. The van der Waals surface area contributed by atoms with Crippen molar-refractivity contribution in [3.8, 4) is 0 Å². The molecule has 0 atom stereocenters. The van der Waals surface area contributed by atoms with Gasteiger partial charge in [-0.2, -0.15) is 0 Å². The van der Waals surface area contributed by atoms with Gasteiger partial charge in [-0.25, -0.2) is 0 Å². The van der Waals surface area contributed by atoms with Crippen LogP contribution in [0.25, 0.3) is 0 Å². The van der Waals surface area contributed by atoms with Crippen molar-refractivity contribution < 1.29 is 10.5 Å². The summed E-state index contributed by atoms with van der Waals surface area (Å²) in [6.45, 7) is 0.330. The van der Waals surface area contributed by atoms with Gasteiger partial charge in [0.15, 0.2) is 6.54 Å². The third-order valence-corrected chi connectivity index (χ3v) is 0.506. The molecule has 3 heteroatoms. The fourth-order valence-electron chi connectivity index (χ4n) is 0.125. The SMILES string of the molecule is CNC(=O)C[NH3+]. The molecule has 0 aromatic heterocycles. The lowest BCUT2D eigenvalue weighted by Gasteiger charge is -1.84. The predicted molar refractivity (Wildman–Crippen MR) is 21.8 cm³/mol. The molecular weight excluding hydrogens is 80.0 g/mol. The van der Waals surface area contributed by atoms with Crippen molar-refractivity contribution in [2.75, 3.05) is 13.6 Å². The molecule has 0 unspecified atom stereocenters. The zero-order chi connectivity index (χ0) is 4.99. The second kappa shape index (κ2) is 2.66. The van der Waals surface area contributed by atoms with Crippen LogP contribution in [0.5, 0.6) is 0 Å². The second-order valence-corrected chi connectivity index (χ2v) is 0.923. The maximum atomic E-state index is 10.0. The van der Waals surface area contributed by atoms with E-state index < -0.39 is 0 Å². The van der Waals surface area contributed by atoms with Gasteiger partial charge in [-0.1, -0.05) is 0 Å². The molecular formula is C3H9N2O+. The van der Waals surface area contributed by atoms with Gasteiger partial charge in [0.1, 0.15) is 0 Å². The molecule has 0 aromatic rings. The van der Waals surface area contributed by atoms with Gasteiger partial charge in [-0.3, -0.25) is 4.79 Å². The molecule has 0 aliphatic heterocycles. The summed E-state index contributed by atoms with van der Waals surface area (Å²) in [5, 5.41) is 2.41. The van der Waals surface area contributed by atoms with E-state index in [1.807, 2.05) is 0 Å². The van der Waals surface area contributed by atoms with E-state index in [1.54, 1.807) is 7.05 Å². The molecule has 0 bridgehead atoms. The third-order valence-electron chi connectivity index (χ3n) is 0.506. The zero-order valence-electron chi connectivity index (χ0n) is 3.82. The van der Waals surface area contributed by atoms with E-state index in [2.05, 4.69) is 11.1 Å². The van der Waals surface area contributed by atoms with Crippen molar-refractivity contribution in [2.45, 2.75) is 0 Å². The van der Waals surface area contributed by atoms with Crippen LogP contribution < -0.4 is 11.1 Å². The molecule has 1 amide bonds. The Balaban J connectivity index is 2.99. The summed E-state index contributed by atoms with van der Waals surface area (Å²) >= 11 is 0. The second-order valence-electron chi connectivity index (χ2n) is 0.923. The molecule has 4 N–H and O–H groups in total. The van der Waals surface area contributed by atoms with Crippen molar-refractivity contribution in [1.82, 2.24) is 5.32 Å². The molecule has 0 spiro atoms. The van der Waals surface area contributed by atoms with E-state index in [4.69, 9.17) is 0 Å². The summed E-state index contributed by atoms with van der Waals surface area (Å²) in [6, 6.07) is 0. The Hall–Kier alpha value is -0.570. The van der Waals surface area contributed by atoms with E-state index in [0.29, 0.717) is 6.54 Å². The van der Waals surface area contributed by atoms with E-state index in [-0.39, 0.29) is 5.91 Å². The first-order valence-electron chi connectivity index (χ1n) is 1.81. The maximum absolute atomic E-state index is 10.0.